The summed E-state index contributed by atoms with van der Waals surface area (Å²) in [4.78, 5) is 23.8. The van der Waals surface area contributed by atoms with Gasteiger partial charge in [-0.05, 0) is 53.7 Å². The van der Waals surface area contributed by atoms with Crippen LogP contribution in [0.3, 0.4) is 0 Å². The van der Waals surface area contributed by atoms with E-state index < -0.39 is 0 Å². The highest BCUT2D eigenvalue weighted by molar-refractivity contribution is 7.99. The zero-order valence-corrected chi connectivity index (χ0v) is 16.1. The van der Waals surface area contributed by atoms with Crippen LogP contribution in [0, 0.1) is 0 Å². The summed E-state index contributed by atoms with van der Waals surface area (Å²) >= 11 is 1.40. The first-order chi connectivity index (χ1) is 13.7. The van der Waals surface area contributed by atoms with Crippen LogP contribution in [-0.2, 0) is 9.53 Å². The molecular weight excluding hydrogens is 378 g/mol. The maximum atomic E-state index is 12.1. The molecule has 28 heavy (non-hydrogen) atoms. The van der Waals surface area contributed by atoms with E-state index in [-0.39, 0.29) is 11.9 Å². The van der Waals surface area contributed by atoms with E-state index in [2.05, 4.69) is 20.8 Å². The molecule has 0 bridgehead atoms. The summed E-state index contributed by atoms with van der Waals surface area (Å²) in [5, 5.41) is 15.1. The van der Waals surface area contributed by atoms with E-state index in [0.29, 0.717) is 35.2 Å². The predicted octanol–water partition coefficient (Wildman–Crippen LogP) is 2.96. The van der Waals surface area contributed by atoms with Crippen molar-refractivity contribution in [2.24, 2.45) is 0 Å². The summed E-state index contributed by atoms with van der Waals surface area (Å²) in [6, 6.07) is 16.1. The first kappa shape index (κ1) is 19.6. The van der Waals surface area contributed by atoms with Gasteiger partial charge >= 0.3 is 5.97 Å². The molecule has 0 aliphatic heterocycles. The van der Waals surface area contributed by atoms with Crippen molar-refractivity contribution in [1.29, 1.82) is 0 Å². The van der Waals surface area contributed by atoms with Crippen LogP contribution in [0.1, 0.15) is 23.7 Å². The molecule has 3 rings (SSSR count). The largest absolute Gasteiger partial charge is 0.462 e. The van der Waals surface area contributed by atoms with Gasteiger partial charge in [-0.15, -0.1) is 5.10 Å². The van der Waals surface area contributed by atoms with Crippen molar-refractivity contribution >= 4 is 29.3 Å². The van der Waals surface area contributed by atoms with Gasteiger partial charge in [0.2, 0.25) is 11.1 Å². The number of aromatic nitrogens is 4. The molecule has 0 spiro atoms. The summed E-state index contributed by atoms with van der Waals surface area (Å²) in [5.74, 6) is 0.0166. The molecule has 0 radical (unpaired) electrons. The number of hydrogen-bond acceptors (Lipinski definition) is 7. The Bertz CT molecular complexity index is 928. The SMILES string of the molecule is CCOC(=O)c1ccc(NC(=O)CCSc2nnnn2-c2ccccc2)cc1. The Hall–Kier alpha value is -3.20. The van der Waals surface area contributed by atoms with Gasteiger partial charge in [0.25, 0.3) is 0 Å². The van der Waals surface area contributed by atoms with Gasteiger partial charge in [-0.25, -0.2) is 4.79 Å². The standard InChI is InChI=1S/C19H19N5O3S/c1-2-27-18(26)14-8-10-15(11-9-14)20-17(25)12-13-28-19-21-22-23-24(19)16-6-4-3-5-7-16/h3-11H,2,12-13H2,1H3,(H,20,25). The van der Waals surface area contributed by atoms with Crippen LogP contribution in [0.5, 0.6) is 0 Å². The number of hydrogen-bond donors (Lipinski definition) is 1. The molecule has 1 heterocycles. The number of anilines is 1. The van der Waals surface area contributed by atoms with Crippen LogP contribution in [0.15, 0.2) is 59.8 Å². The molecule has 0 unspecified atom stereocenters. The number of para-hydroxylation sites is 1. The molecular formula is C19H19N5O3S. The van der Waals surface area contributed by atoms with Crippen LogP contribution in [0.2, 0.25) is 0 Å². The third-order valence-electron chi connectivity index (χ3n) is 3.68. The number of esters is 1. The van der Waals surface area contributed by atoms with Crippen LogP contribution in [-0.4, -0.2) is 44.4 Å². The van der Waals surface area contributed by atoms with Gasteiger partial charge in [0, 0.05) is 17.9 Å². The molecule has 1 N–H and O–H groups in total. The summed E-state index contributed by atoms with van der Waals surface area (Å²) in [6.45, 7) is 2.07. The molecule has 9 heteroatoms. The number of nitrogens with one attached hydrogen (secondary N) is 1. The second-order valence-corrected chi connectivity index (χ2v) is 6.72. The van der Waals surface area contributed by atoms with Crippen molar-refractivity contribution in [3.8, 4) is 5.69 Å². The predicted molar refractivity (Wildman–Crippen MR) is 106 cm³/mol. The number of amides is 1. The van der Waals surface area contributed by atoms with E-state index in [1.807, 2.05) is 30.3 Å². The highest BCUT2D eigenvalue weighted by Gasteiger charge is 2.11. The molecule has 0 saturated heterocycles. The quantitative estimate of drug-likeness (QED) is 0.461. The van der Waals surface area contributed by atoms with Gasteiger partial charge in [-0.3, -0.25) is 4.79 Å². The van der Waals surface area contributed by atoms with Crippen molar-refractivity contribution in [2.75, 3.05) is 17.7 Å². The van der Waals surface area contributed by atoms with Gasteiger partial charge in [0.1, 0.15) is 0 Å². The molecule has 0 atom stereocenters. The van der Waals surface area contributed by atoms with E-state index in [4.69, 9.17) is 4.74 Å². The Morgan fingerprint density at radius 3 is 2.57 bits per heavy atom. The van der Waals surface area contributed by atoms with Crippen molar-refractivity contribution < 1.29 is 14.3 Å². The summed E-state index contributed by atoms with van der Waals surface area (Å²) < 4.78 is 6.57. The molecule has 2 aromatic carbocycles. The minimum absolute atomic E-state index is 0.130. The van der Waals surface area contributed by atoms with Crippen molar-refractivity contribution in [3.63, 3.8) is 0 Å². The van der Waals surface area contributed by atoms with Crippen molar-refractivity contribution in [2.45, 2.75) is 18.5 Å². The zero-order valence-electron chi connectivity index (χ0n) is 15.2. The second kappa shape index (κ2) is 9.65. The summed E-state index contributed by atoms with van der Waals surface area (Å²) in [7, 11) is 0. The lowest BCUT2D eigenvalue weighted by Gasteiger charge is -2.07. The molecule has 1 amide bonds. The Labute approximate surface area is 166 Å². The van der Waals surface area contributed by atoms with E-state index in [1.165, 1.54) is 11.8 Å². The van der Waals surface area contributed by atoms with Crippen LogP contribution < -0.4 is 5.32 Å². The highest BCUT2D eigenvalue weighted by atomic mass is 32.2. The number of carbonyl (C=O) groups excluding carboxylic acids is 2. The fourth-order valence-electron chi connectivity index (χ4n) is 2.36. The fraction of sp³-hybridized carbons (Fsp3) is 0.211. The molecule has 3 aromatic rings. The lowest BCUT2D eigenvalue weighted by Crippen LogP contribution is -2.12. The summed E-state index contributed by atoms with van der Waals surface area (Å²) in [5.41, 5.74) is 1.93. The fourth-order valence-corrected chi connectivity index (χ4v) is 3.19. The van der Waals surface area contributed by atoms with Crippen molar-refractivity contribution in [1.82, 2.24) is 20.2 Å². The van der Waals surface area contributed by atoms with E-state index in [9.17, 15) is 9.59 Å². The number of benzene rings is 2. The maximum Gasteiger partial charge on any atom is 0.338 e. The highest BCUT2D eigenvalue weighted by Crippen LogP contribution is 2.19. The van der Waals surface area contributed by atoms with Crippen LogP contribution in [0.4, 0.5) is 5.69 Å². The molecule has 0 aliphatic rings. The average molecular weight is 397 g/mol. The van der Waals surface area contributed by atoms with E-state index in [0.717, 1.165) is 5.69 Å². The van der Waals surface area contributed by atoms with Gasteiger partial charge in [0.05, 0.1) is 17.9 Å². The van der Waals surface area contributed by atoms with Gasteiger partial charge in [-0.2, -0.15) is 4.68 Å². The summed E-state index contributed by atoms with van der Waals surface area (Å²) in [6.07, 6.45) is 0.298. The Morgan fingerprint density at radius 2 is 1.86 bits per heavy atom. The van der Waals surface area contributed by atoms with E-state index >= 15 is 0 Å². The molecule has 0 saturated carbocycles. The molecule has 1 aromatic heterocycles. The number of rotatable bonds is 8. The first-order valence-electron chi connectivity index (χ1n) is 8.71. The Morgan fingerprint density at radius 1 is 1.11 bits per heavy atom. The molecule has 0 aliphatic carbocycles. The van der Waals surface area contributed by atoms with Gasteiger partial charge in [-0.1, -0.05) is 30.0 Å². The lowest BCUT2D eigenvalue weighted by atomic mass is 10.2. The number of carbonyl (C=O) groups is 2. The number of tetrazole rings is 1. The topological polar surface area (TPSA) is 99.0 Å². The molecule has 8 nitrogen and oxygen atoms in total. The third kappa shape index (κ3) is 5.17. The molecule has 0 fully saturated rings. The Kier molecular flexibility index (Phi) is 6.74. The third-order valence-corrected chi connectivity index (χ3v) is 4.60. The van der Waals surface area contributed by atoms with Crippen LogP contribution >= 0.6 is 11.8 Å². The van der Waals surface area contributed by atoms with Crippen molar-refractivity contribution in [3.05, 3.63) is 60.2 Å². The normalized spacial score (nSPS) is 10.5. The average Bonchev–Trinajstić information content (AvgIpc) is 3.18. The first-order valence-corrected chi connectivity index (χ1v) is 9.69. The minimum atomic E-state index is -0.382. The Balaban J connectivity index is 1.49. The number of thioether (sulfide) groups is 1. The van der Waals surface area contributed by atoms with Crippen LogP contribution in [0.25, 0.3) is 5.69 Å². The van der Waals surface area contributed by atoms with Gasteiger partial charge < -0.3 is 10.1 Å². The zero-order chi connectivity index (χ0) is 19.8. The van der Waals surface area contributed by atoms with Gasteiger partial charge in [0.15, 0.2) is 0 Å². The lowest BCUT2D eigenvalue weighted by molar-refractivity contribution is -0.115. The number of ether oxygens (including phenoxy) is 1. The second-order valence-electron chi connectivity index (χ2n) is 5.65. The smallest absolute Gasteiger partial charge is 0.338 e. The van der Waals surface area contributed by atoms with E-state index in [1.54, 1.807) is 35.9 Å². The number of nitrogens with zero attached hydrogens (tertiary/aromatic N) is 4. The maximum absolute atomic E-state index is 12.1. The minimum Gasteiger partial charge on any atom is -0.462 e. The molecule has 144 valence electrons. The monoisotopic (exact) mass is 397 g/mol.